The van der Waals surface area contributed by atoms with Gasteiger partial charge in [-0.15, -0.1) is 0 Å². The Hall–Kier alpha value is -0.870. The maximum absolute atomic E-state index is 12.7. The highest BCUT2D eigenvalue weighted by Crippen LogP contribution is 2.26. The number of benzene rings is 1. The molecule has 0 aliphatic heterocycles. The summed E-state index contributed by atoms with van der Waals surface area (Å²) in [4.78, 5) is 0.462. The second-order valence-electron chi connectivity index (χ2n) is 5.39. The third-order valence-corrected chi connectivity index (χ3v) is 5.85. The fourth-order valence-electron chi connectivity index (χ4n) is 2.55. The van der Waals surface area contributed by atoms with Crippen molar-refractivity contribution in [1.82, 2.24) is 4.31 Å². The molecule has 0 spiro atoms. The molecular weight excluding hydrogens is 258 g/mol. The summed E-state index contributed by atoms with van der Waals surface area (Å²) >= 11 is 0. The maximum atomic E-state index is 12.7. The molecule has 0 saturated carbocycles. The second kappa shape index (κ2) is 6.06. The summed E-state index contributed by atoms with van der Waals surface area (Å²) in [7, 11) is -1.73. The lowest BCUT2D eigenvalue weighted by Crippen LogP contribution is -2.35. The number of aryl methyl sites for hydroxylation is 3. The molecule has 0 bridgehead atoms. The molecule has 1 atom stereocenters. The normalized spacial score (nSPS) is 13.8. The monoisotopic (exact) mass is 283 g/mol. The first kappa shape index (κ1) is 16.2. The van der Waals surface area contributed by atoms with Gasteiger partial charge < -0.3 is 0 Å². The van der Waals surface area contributed by atoms with Crippen molar-refractivity contribution in [2.24, 2.45) is 0 Å². The molecular formula is C15H25NO2S. The predicted octanol–water partition coefficient (Wildman–Crippen LogP) is 3.42. The second-order valence-corrected chi connectivity index (χ2v) is 7.32. The lowest BCUT2D eigenvalue weighted by molar-refractivity contribution is 0.368. The zero-order chi connectivity index (χ0) is 14.8. The molecule has 108 valence electrons. The van der Waals surface area contributed by atoms with Crippen LogP contribution in [0.3, 0.4) is 0 Å². The first-order valence-electron chi connectivity index (χ1n) is 6.77. The van der Waals surface area contributed by atoms with E-state index in [1.54, 1.807) is 7.05 Å². The van der Waals surface area contributed by atoms with Gasteiger partial charge in [0.05, 0.1) is 4.90 Å². The fourth-order valence-corrected chi connectivity index (χ4v) is 4.35. The van der Waals surface area contributed by atoms with E-state index in [9.17, 15) is 8.42 Å². The third-order valence-electron chi connectivity index (χ3n) is 3.57. The SMILES string of the molecule is CCCC(C)N(C)S(=O)(=O)c1c(C)cc(C)cc1C. The van der Waals surface area contributed by atoms with Crippen LogP contribution in [-0.2, 0) is 10.0 Å². The Balaban J connectivity index is 3.28. The average Bonchev–Trinajstić information content (AvgIpc) is 2.26. The highest BCUT2D eigenvalue weighted by atomic mass is 32.2. The molecule has 0 amide bonds. The topological polar surface area (TPSA) is 37.4 Å². The number of nitrogens with zero attached hydrogens (tertiary/aromatic N) is 1. The zero-order valence-electron chi connectivity index (χ0n) is 12.8. The van der Waals surface area contributed by atoms with E-state index in [4.69, 9.17) is 0 Å². The van der Waals surface area contributed by atoms with Crippen LogP contribution >= 0.6 is 0 Å². The smallest absolute Gasteiger partial charge is 0.207 e. The molecule has 0 aliphatic carbocycles. The maximum Gasteiger partial charge on any atom is 0.243 e. The molecule has 1 aromatic carbocycles. The molecule has 1 rings (SSSR count). The van der Waals surface area contributed by atoms with E-state index in [-0.39, 0.29) is 6.04 Å². The summed E-state index contributed by atoms with van der Waals surface area (Å²) in [5.41, 5.74) is 2.75. The molecule has 0 aromatic heterocycles. The first-order valence-corrected chi connectivity index (χ1v) is 8.21. The highest BCUT2D eigenvalue weighted by Gasteiger charge is 2.27. The summed E-state index contributed by atoms with van der Waals surface area (Å²) < 4.78 is 27.0. The Morgan fingerprint density at radius 3 is 2.05 bits per heavy atom. The van der Waals surface area contributed by atoms with Gasteiger partial charge in [-0.3, -0.25) is 0 Å². The van der Waals surface area contributed by atoms with Crippen LogP contribution in [0.2, 0.25) is 0 Å². The summed E-state index contributed by atoms with van der Waals surface area (Å²) in [5.74, 6) is 0. The van der Waals surface area contributed by atoms with Crippen molar-refractivity contribution in [3.63, 3.8) is 0 Å². The Morgan fingerprint density at radius 1 is 1.16 bits per heavy atom. The minimum atomic E-state index is -3.41. The predicted molar refractivity (Wildman–Crippen MR) is 80.0 cm³/mol. The van der Waals surface area contributed by atoms with Gasteiger partial charge in [0.15, 0.2) is 0 Å². The van der Waals surface area contributed by atoms with Gasteiger partial charge >= 0.3 is 0 Å². The minimum Gasteiger partial charge on any atom is -0.207 e. The van der Waals surface area contributed by atoms with Gasteiger partial charge in [0.1, 0.15) is 0 Å². The lowest BCUT2D eigenvalue weighted by atomic mass is 10.1. The van der Waals surface area contributed by atoms with Gasteiger partial charge in [-0.05, 0) is 45.2 Å². The van der Waals surface area contributed by atoms with Crippen LogP contribution in [-0.4, -0.2) is 25.8 Å². The van der Waals surface area contributed by atoms with E-state index in [1.807, 2.05) is 39.8 Å². The molecule has 0 radical (unpaired) electrons. The van der Waals surface area contributed by atoms with Gasteiger partial charge in [-0.1, -0.05) is 31.0 Å². The Labute approximate surface area is 117 Å². The van der Waals surface area contributed by atoms with Crippen LogP contribution in [0.4, 0.5) is 0 Å². The van der Waals surface area contributed by atoms with Gasteiger partial charge in [-0.2, -0.15) is 4.31 Å². The number of sulfonamides is 1. The number of hydrogen-bond acceptors (Lipinski definition) is 2. The molecule has 0 N–H and O–H groups in total. The minimum absolute atomic E-state index is 0.0232. The molecule has 1 aromatic rings. The molecule has 19 heavy (non-hydrogen) atoms. The molecule has 3 nitrogen and oxygen atoms in total. The van der Waals surface area contributed by atoms with Crippen molar-refractivity contribution in [2.45, 2.75) is 58.4 Å². The van der Waals surface area contributed by atoms with Crippen LogP contribution < -0.4 is 0 Å². The summed E-state index contributed by atoms with van der Waals surface area (Å²) in [6.45, 7) is 9.75. The Kier molecular flexibility index (Phi) is 5.16. The Bertz CT molecular complexity index is 526. The van der Waals surface area contributed by atoms with Crippen molar-refractivity contribution < 1.29 is 8.42 Å². The van der Waals surface area contributed by atoms with E-state index in [0.717, 1.165) is 29.5 Å². The fraction of sp³-hybridized carbons (Fsp3) is 0.600. The average molecular weight is 283 g/mol. The molecule has 0 saturated heterocycles. The largest absolute Gasteiger partial charge is 0.243 e. The van der Waals surface area contributed by atoms with Crippen LogP contribution in [0, 0.1) is 20.8 Å². The zero-order valence-corrected chi connectivity index (χ0v) is 13.6. The number of rotatable bonds is 5. The van der Waals surface area contributed by atoms with E-state index in [1.165, 1.54) is 4.31 Å². The van der Waals surface area contributed by atoms with Gasteiger partial charge in [-0.25, -0.2) is 8.42 Å². The summed E-state index contributed by atoms with van der Waals surface area (Å²) in [5, 5.41) is 0. The highest BCUT2D eigenvalue weighted by molar-refractivity contribution is 7.89. The molecule has 0 aliphatic rings. The van der Waals surface area contributed by atoms with Crippen LogP contribution in [0.5, 0.6) is 0 Å². The van der Waals surface area contributed by atoms with Crippen LogP contribution in [0.25, 0.3) is 0 Å². The molecule has 4 heteroatoms. The molecule has 0 heterocycles. The summed E-state index contributed by atoms with van der Waals surface area (Å²) in [6, 6.07) is 3.88. The van der Waals surface area contributed by atoms with E-state index < -0.39 is 10.0 Å². The van der Waals surface area contributed by atoms with Gasteiger partial charge in [0, 0.05) is 13.1 Å². The van der Waals surface area contributed by atoms with Crippen molar-refractivity contribution >= 4 is 10.0 Å². The third kappa shape index (κ3) is 3.37. The van der Waals surface area contributed by atoms with Crippen molar-refractivity contribution in [2.75, 3.05) is 7.05 Å². The first-order chi connectivity index (χ1) is 8.71. The standard InChI is InChI=1S/C15H25NO2S/c1-7-8-14(5)16(6)19(17,18)15-12(3)9-11(2)10-13(15)4/h9-10,14H,7-8H2,1-6H3. The van der Waals surface area contributed by atoms with Gasteiger partial charge in [0.25, 0.3) is 0 Å². The molecule has 0 fully saturated rings. The van der Waals surface area contributed by atoms with E-state index >= 15 is 0 Å². The van der Waals surface area contributed by atoms with Gasteiger partial charge in [0.2, 0.25) is 10.0 Å². The quantitative estimate of drug-likeness (QED) is 0.830. The van der Waals surface area contributed by atoms with Crippen LogP contribution in [0.1, 0.15) is 43.4 Å². The van der Waals surface area contributed by atoms with Crippen molar-refractivity contribution in [3.8, 4) is 0 Å². The molecule has 1 unspecified atom stereocenters. The summed E-state index contributed by atoms with van der Waals surface area (Å²) in [6.07, 6.45) is 1.85. The van der Waals surface area contributed by atoms with Crippen molar-refractivity contribution in [1.29, 1.82) is 0 Å². The number of hydrogen-bond donors (Lipinski definition) is 0. The Morgan fingerprint density at radius 2 is 1.63 bits per heavy atom. The lowest BCUT2D eigenvalue weighted by Gasteiger charge is -2.25. The van der Waals surface area contributed by atoms with E-state index in [0.29, 0.717) is 4.90 Å². The van der Waals surface area contributed by atoms with Crippen LogP contribution in [0.15, 0.2) is 17.0 Å². The van der Waals surface area contributed by atoms with E-state index in [2.05, 4.69) is 6.92 Å². The van der Waals surface area contributed by atoms with Crippen molar-refractivity contribution in [3.05, 3.63) is 28.8 Å².